The molecule has 2 rings (SSSR count). The van der Waals surface area contributed by atoms with Crippen LogP contribution >= 0.6 is 0 Å². The van der Waals surface area contributed by atoms with E-state index < -0.39 is 0 Å². The molecule has 4 nitrogen and oxygen atoms in total. The minimum absolute atomic E-state index is 0.216. The van der Waals surface area contributed by atoms with Gasteiger partial charge in [-0.1, -0.05) is 38.7 Å². The lowest BCUT2D eigenvalue weighted by Crippen LogP contribution is -2.30. The summed E-state index contributed by atoms with van der Waals surface area (Å²) in [7, 11) is 0. The van der Waals surface area contributed by atoms with Crippen LogP contribution in [-0.4, -0.2) is 20.6 Å². The van der Waals surface area contributed by atoms with Crippen LogP contribution in [0.1, 0.15) is 64.7 Å². The smallest absolute Gasteiger partial charge is 0.160 e. The Labute approximate surface area is 121 Å². The van der Waals surface area contributed by atoms with Gasteiger partial charge in [0.1, 0.15) is 0 Å². The summed E-state index contributed by atoms with van der Waals surface area (Å²) in [5.41, 5.74) is 0.909. The first kappa shape index (κ1) is 15.0. The number of hydrogen-bond donors (Lipinski definition) is 1. The molecular weight excluding hydrogens is 248 g/mol. The van der Waals surface area contributed by atoms with E-state index in [0.29, 0.717) is 6.04 Å². The van der Waals surface area contributed by atoms with E-state index in [2.05, 4.69) is 40.7 Å². The summed E-state index contributed by atoms with van der Waals surface area (Å²) in [4.78, 5) is 0. The van der Waals surface area contributed by atoms with Crippen molar-refractivity contribution in [1.82, 2.24) is 19.9 Å². The summed E-state index contributed by atoms with van der Waals surface area (Å²) in [6.07, 6.45) is 8.52. The predicted octanol–water partition coefficient (Wildman–Crippen LogP) is 3.74. The summed E-state index contributed by atoms with van der Waals surface area (Å²) in [5.74, 6) is 0.987. The molecule has 1 N–H and O–H groups in total. The van der Waals surface area contributed by atoms with Crippen LogP contribution in [0.3, 0.4) is 0 Å². The van der Waals surface area contributed by atoms with Crippen molar-refractivity contribution < 1.29 is 0 Å². The fourth-order valence-electron chi connectivity index (χ4n) is 2.62. The SMILES string of the molecule is CCCCCCC(C)NC(C)c1nnc2ccccn12. The Kier molecular flexibility index (Phi) is 5.53. The van der Waals surface area contributed by atoms with Gasteiger partial charge in [0.15, 0.2) is 11.5 Å². The number of unbranched alkanes of at least 4 members (excludes halogenated alkanes) is 3. The monoisotopic (exact) mass is 274 g/mol. The Bertz CT molecular complexity index is 520. The fraction of sp³-hybridized carbons (Fsp3) is 0.625. The largest absolute Gasteiger partial charge is 0.305 e. The second-order valence-corrected chi connectivity index (χ2v) is 5.63. The van der Waals surface area contributed by atoms with Crippen LogP contribution in [0.25, 0.3) is 5.65 Å². The van der Waals surface area contributed by atoms with Gasteiger partial charge in [-0.3, -0.25) is 4.40 Å². The summed E-state index contributed by atoms with van der Waals surface area (Å²) in [6.45, 7) is 6.66. The van der Waals surface area contributed by atoms with Gasteiger partial charge >= 0.3 is 0 Å². The van der Waals surface area contributed by atoms with E-state index in [9.17, 15) is 0 Å². The van der Waals surface area contributed by atoms with Gasteiger partial charge in [0, 0.05) is 12.2 Å². The van der Waals surface area contributed by atoms with Crippen molar-refractivity contribution in [2.24, 2.45) is 0 Å². The maximum atomic E-state index is 4.31. The van der Waals surface area contributed by atoms with E-state index in [1.54, 1.807) is 0 Å². The summed E-state index contributed by atoms with van der Waals surface area (Å²) in [6, 6.07) is 6.71. The Morgan fingerprint density at radius 1 is 1.15 bits per heavy atom. The van der Waals surface area contributed by atoms with Crippen LogP contribution in [0, 0.1) is 0 Å². The lowest BCUT2D eigenvalue weighted by molar-refractivity contribution is 0.425. The second kappa shape index (κ2) is 7.39. The number of pyridine rings is 1. The highest BCUT2D eigenvalue weighted by Gasteiger charge is 2.14. The lowest BCUT2D eigenvalue weighted by atomic mass is 10.1. The maximum absolute atomic E-state index is 4.31. The molecule has 110 valence electrons. The van der Waals surface area contributed by atoms with Gasteiger partial charge in [-0.2, -0.15) is 0 Å². The predicted molar refractivity (Wildman–Crippen MR) is 82.8 cm³/mol. The zero-order valence-corrected chi connectivity index (χ0v) is 12.8. The third-order valence-electron chi connectivity index (χ3n) is 3.75. The Morgan fingerprint density at radius 2 is 2.00 bits per heavy atom. The van der Waals surface area contributed by atoms with Crippen molar-refractivity contribution in [2.45, 2.75) is 65.0 Å². The summed E-state index contributed by atoms with van der Waals surface area (Å²) in [5, 5.41) is 12.1. The van der Waals surface area contributed by atoms with E-state index in [1.807, 2.05) is 24.4 Å². The van der Waals surface area contributed by atoms with E-state index >= 15 is 0 Å². The van der Waals surface area contributed by atoms with Gasteiger partial charge in [0.2, 0.25) is 0 Å². The van der Waals surface area contributed by atoms with Gasteiger partial charge in [-0.15, -0.1) is 10.2 Å². The molecule has 0 aliphatic carbocycles. The normalized spacial score (nSPS) is 14.6. The van der Waals surface area contributed by atoms with E-state index in [1.165, 1.54) is 32.1 Å². The minimum atomic E-state index is 0.216. The summed E-state index contributed by atoms with van der Waals surface area (Å²) >= 11 is 0. The molecule has 2 unspecified atom stereocenters. The van der Waals surface area contributed by atoms with Crippen LogP contribution in [0.2, 0.25) is 0 Å². The molecule has 0 amide bonds. The van der Waals surface area contributed by atoms with E-state index in [0.717, 1.165) is 11.5 Å². The van der Waals surface area contributed by atoms with Crippen LogP contribution < -0.4 is 5.32 Å². The molecule has 0 bridgehead atoms. The average Bonchev–Trinajstić information content (AvgIpc) is 2.87. The molecule has 2 heterocycles. The van der Waals surface area contributed by atoms with Gasteiger partial charge in [0.05, 0.1) is 6.04 Å². The third-order valence-corrected chi connectivity index (χ3v) is 3.75. The highest BCUT2D eigenvalue weighted by molar-refractivity contribution is 5.37. The lowest BCUT2D eigenvalue weighted by Gasteiger charge is -2.18. The van der Waals surface area contributed by atoms with Crippen LogP contribution in [0.5, 0.6) is 0 Å². The van der Waals surface area contributed by atoms with Gasteiger partial charge in [-0.25, -0.2) is 0 Å². The average molecular weight is 274 g/mol. The molecule has 0 aliphatic heterocycles. The maximum Gasteiger partial charge on any atom is 0.160 e. The molecule has 2 aromatic rings. The molecule has 0 spiro atoms. The molecule has 2 aromatic heterocycles. The molecule has 0 radical (unpaired) electrons. The van der Waals surface area contributed by atoms with Crippen molar-refractivity contribution in [1.29, 1.82) is 0 Å². The molecule has 0 fully saturated rings. The zero-order chi connectivity index (χ0) is 14.4. The minimum Gasteiger partial charge on any atom is -0.305 e. The zero-order valence-electron chi connectivity index (χ0n) is 12.8. The molecule has 20 heavy (non-hydrogen) atoms. The first-order valence-corrected chi connectivity index (χ1v) is 7.78. The number of nitrogens with zero attached hydrogens (tertiary/aromatic N) is 3. The van der Waals surface area contributed by atoms with Crippen LogP contribution in [0.15, 0.2) is 24.4 Å². The standard InChI is InChI=1S/C16H26N4/c1-4-5-6-7-10-13(2)17-14(3)16-19-18-15-11-8-9-12-20(15)16/h8-9,11-14,17H,4-7,10H2,1-3H3. The Morgan fingerprint density at radius 3 is 2.80 bits per heavy atom. The Balaban J connectivity index is 1.89. The molecule has 2 atom stereocenters. The van der Waals surface area contributed by atoms with Gasteiger partial charge < -0.3 is 5.32 Å². The van der Waals surface area contributed by atoms with E-state index in [4.69, 9.17) is 0 Å². The third kappa shape index (κ3) is 3.79. The molecule has 4 heteroatoms. The van der Waals surface area contributed by atoms with Crippen molar-refractivity contribution in [2.75, 3.05) is 0 Å². The van der Waals surface area contributed by atoms with Gasteiger partial charge in [-0.05, 0) is 32.4 Å². The van der Waals surface area contributed by atoms with Crippen LogP contribution in [0.4, 0.5) is 0 Å². The molecule has 0 aliphatic rings. The molecule has 0 saturated carbocycles. The number of aromatic nitrogens is 3. The topological polar surface area (TPSA) is 42.2 Å². The van der Waals surface area contributed by atoms with Crippen LogP contribution in [-0.2, 0) is 0 Å². The highest BCUT2D eigenvalue weighted by Crippen LogP contribution is 2.14. The number of nitrogens with one attached hydrogen (secondary N) is 1. The fourth-order valence-corrected chi connectivity index (χ4v) is 2.62. The number of rotatable bonds is 8. The quantitative estimate of drug-likeness (QED) is 0.746. The highest BCUT2D eigenvalue weighted by atomic mass is 15.3. The van der Waals surface area contributed by atoms with Crippen molar-refractivity contribution in [3.05, 3.63) is 30.2 Å². The number of hydrogen-bond acceptors (Lipinski definition) is 3. The van der Waals surface area contributed by atoms with E-state index in [-0.39, 0.29) is 6.04 Å². The molecular formula is C16H26N4. The van der Waals surface area contributed by atoms with Crippen molar-refractivity contribution in [3.8, 4) is 0 Å². The Hall–Kier alpha value is -1.42. The molecule has 0 saturated heterocycles. The first-order valence-electron chi connectivity index (χ1n) is 7.78. The summed E-state index contributed by atoms with van der Waals surface area (Å²) < 4.78 is 2.06. The second-order valence-electron chi connectivity index (χ2n) is 5.63. The first-order chi connectivity index (χ1) is 9.72. The van der Waals surface area contributed by atoms with Crippen molar-refractivity contribution >= 4 is 5.65 Å². The molecule has 0 aromatic carbocycles. The number of fused-ring (bicyclic) bond motifs is 1. The van der Waals surface area contributed by atoms with Crippen molar-refractivity contribution in [3.63, 3.8) is 0 Å². The van der Waals surface area contributed by atoms with Gasteiger partial charge in [0.25, 0.3) is 0 Å².